The van der Waals surface area contributed by atoms with E-state index in [4.69, 9.17) is 9.47 Å². The minimum Gasteiger partial charge on any atom is -0.491 e. The van der Waals surface area contributed by atoms with E-state index >= 15 is 0 Å². The van der Waals surface area contributed by atoms with Crippen molar-refractivity contribution in [1.82, 2.24) is 20.1 Å². The molecule has 1 fully saturated rings. The molecular formula is C21H28N4O3. The monoisotopic (exact) mass is 384 g/mol. The van der Waals surface area contributed by atoms with Crippen LogP contribution in [0.4, 0.5) is 0 Å². The number of benzene rings is 1. The number of nitrogens with zero attached hydrogens (tertiary/aromatic N) is 3. The summed E-state index contributed by atoms with van der Waals surface area (Å²) in [5, 5.41) is 11.7. The number of fused-ring (bicyclic) bond motifs is 1. The molecule has 2 aromatic rings. The lowest BCUT2D eigenvalue weighted by Gasteiger charge is -2.16. The summed E-state index contributed by atoms with van der Waals surface area (Å²) in [6.45, 7) is 4.26. The first kappa shape index (κ1) is 18.9. The Morgan fingerprint density at radius 2 is 2.11 bits per heavy atom. The van der Waals surface area contributed by atoms with Crippen molar-refractivity contribution in [3.05, 3.63) is 41.5 Å². The lowest BCUT2D eigenvalue weighted by atomic mass is 10.2. The number of amides is 1. The standard InChI is InChI=1S/C21H28N4O3/c1-15(20-24-23-19-7-3-2-4-12-25(19)20)22-21(26)16-8-10-17(11-9-16)28-14-18-6-5-13-27-18/h8-11,15,18H,2-7,12-14H2,1H3,(H,22,26)/t15-,18-/m0/s1. The number of hydrogen-bond donors (Lipinski definition) is 1. The van der Waals surface area contributed by atoms with Crippen molar-refractivity contribution < 1.29 is 14.3 Å². The third-order valence-electron chi connectivity index (χ3n) is 5.45. The van der Waals surface area contributed by atoms with Crippen LogP contribution < -0.4 is 10.1 Å². The van der Waals surface area contributed by atoms with Crippen LogP contribution in [-0.4, -0.2) is 40.0 Å². The molecule has 150 valence electrons. The zero-order chi connectivity index (χ0) is 19.3. The summed E-state index contributed by atoms with van der Waals surface area (Å²) >= 11 is 0. The van der Waals surface area contributed by atoms with Crippen molar-refractivity contribution in [2.24, 2.45) is 0 Å². The maximum absolute atomic E-state index is 12.6. The van der Waals surface area contributed by atoms with Crippen LogP contribution in [0.25, 0.3) is 0 Å². The van der Waals surface area contributed by atoms with E-state index in [-0.39, 0.29) is 18.1 Å². The van der Waals surface area contributed by atoms with Gasteiger partial charge in [0.1, 0.15) is 18.2 Å². The number of carbonyl (C=O) groups is 1. The molecule has 4 rings (SSSR count). The number of ether oxygens (including phenoxy) is 2. The summed E-state index contributed by atoms with van der Waals surface area (Å²) in [4.78, 5) is 12.6. The molecule has 0 bridgehead atoms. The van der Waals surface area contributed by atoms with Crippen LogP contribution in [0.15, 0.2) is 24.3 Å². The summed E-state index contributed by atoms with van der Waals surface area (Å²) in [5.41, 5.74) is 0.604. The lowest BCUT2D eigenvalue weighted by molar-refractivity contribution is 0.0679. The number of aryl methyl sites for hydroxylation is 1. The van der Waals surface area contributed by atoms with Gasteiger partial charge in [-0.2, -0.15) is 0 Å². The Morgan fingerprint density at radius 3 is 2.89 bits per heavy atom. The minimum absolute atomic E-state index is 0.121. The molecule has 0 radical (unpaired) electrons. The second-order valence-electron chi connectivity index (χ2n) is 7.60. The molecule has 28 heavy (non-hydrogen) atoms. The minimum atomic E-state index is -0.192. The van der Waals surface area contributed by atoms with Crippen molar-refractivity contribution in [2.45, 2.75) is 64.1 Å². The predicted octanol–water partition coefficient (Wildman–Crippen LogP) is 3.05. The molecular weight excluding hydrogens is 356 g/mol. The molecule has 7 nitrogen and oxygen atoms in total. The van der Waals surface area contributed by atoms with Gasteiger partial charge in [-0.05, 0) is 56.9 Å². The van der Waals surface area contributed by atoms with Gasteiger partial charge in [0.05, 0.1) is 12.1 Å². The Hall–Kier alpha value is -2.41. The highest BCUT2D eigenvalue weighted by Gasteiger charge is 2.21. The zero-order valence-electron chi connectivity index (χ0n) is 16.4. The molecule has 0 unspecified atom stereocenters. The molecule has 1 N–H and O–H groups in total. The quantitative estimate of drug-likeness (QED) is 0.828. The largest absolute Gasteiger partial charge is 0.491 e. The van der Waals surface area contributed by atoms with E-state index in [9.17, 15) is 4.79 Å². The predicted molar refractivity (Wildman–Crippen MR) is 104 cm³/mol. The fraction of sp³-hybridized carbons (Fsp3) is 0.571. The number of hydrogen-bond acceptors (Lipinski definition) is 5. The lowest BCUT2D eigenvalue weighted by Crippen LogP contribution is -2.29. The van der Waals surface area contributed by atoms with Crippen LogP contribution in [-0.2, 0) is 17.7 Å². The average Bonchev–Trinajstić information content (AvgIpc) is 3.32. The topological polar surface area (TPSA) is 78.3 Å². The summed E-state index contributed by atoms with van der Waals surface area (Å²) in [6.07, 6.45) is 6.78. The van der Waals surface area contributed by atoms with Crippen LogP contribution in [0.1, 0.15) is 67.1 Å². The Balaban J connectivity index is 1.34. The number of aromatic nitrogens is 3. The van der Waals surface area contributed by atoms with E-state index in [0.717, 1.165) is 62.7 Å². The van der Waals surface area contributed by atoms with Gasteiger partial charge in [-0.3, -0.25) is 4.79 Å². The van der Waals surface area contributed by atoms with Gasteiger partial charge in [-0.25, -0.2) is 0 Å². The fourth-order valence-corrected chi connectivity index (χ4v) is 3.84. The first-order valence-corrected chi connectivity index (χ1v) is 10.3. The number of carbonyl (C=O) groups excluding carboxylic acids is 1. The van der Waals surface area contributed by atoms with Crippen LogP contribution in [0.3, 0.4) is 0 Å². The molecule has 1 saturated heterocycles. The molecule has 2 atom stereocenters. The van der Waals surface area contributed by atoms with Crippen molar-refractivity contribution in [3.8, 4) is 5.75 Å². The zero-order valence-corrected chi connectivity index (χ0v) is 16.4. The van der Waals surface area contributed by atoms with Gasteiger partial charge in [-0.1, -0.05) is 6.42 Å². The summed E-state index contributed by atoms with van der Waals surface area (Å²) in [5.74, 6) is 2.50. The molecule has 1 aromatic carbocycles. The first-order chi connectivity index (χ1) is 13.7. The average molecular weight is 384 g/mol. The van der Waals surface area contributed by atoms with Gasteiger partial charge in [0.25, 0.3) is 5.91 Å². The molecule has 2 aliphatic rings. The Bertz CT molecular complexity index is 796. The van der Waals surface area contributed by atoms with Crippen LogP contribution in [0, 0.1) is 0 Å². The van der Waals surface area contributed by atoms with Crippen molar-refractivity contribution >= 4 is 5.91 Å². The van der Waals surface area contributed by atoms with Crippen LogP contribution >= 0.6 is 0 Å². The van der Waals surface area contributed by atoms with E-state index in [1.165, 1.54) is 6.42 Å². The molecule has 1 aromatic heterocycles. The summed E-state index contributed by atoms with van der Waals surface area (Å²) in [7, 11) is 0. The SMILES string of the molecule is C[C@H](NC(=O)c1ccc(OC[C@@H]2CCCO2)cc1)c1nnc2n1CCCCC2. The highest BCUT2D eigenvalue weighted by Crippen LogP contribution is 2.20. The highest BCUT2D eigenvalue weighted by molar-refractivity contribution is 5.94. The van der Waals surface area contributed by atoms with Crippen LogP contribution in [0.5, 0.6) is 5.75 Å². The molecule has 1 amide bonds. The highest BCUT2D eigenvalue weighted by atomic mass is 16.5. The molecule has 2 aliphatic heterocycles. The fourth-order valence-electron chi connectivity index (χ4n) is 3.84. The summed E-state index contributed by atoms with van der Waals surface area (Å²) < 4.78 is 13.5. The molecule has 0 saturated carbocycles. The van der Waals surface area contributed by atoms with Gasteiger partial charge in [-0.15, -0.1) is 10.2 Å². The van der Waals surface area contributed by atoms with Gasteiger partial charge < -0.3 is 19.4 Å². The van der Waals surface area contributed by atoms with E-state index in [2.05, 4.69) is 20.1 Å². The van der Waals surface area contributed by atoms with Crippen molar-refractivity contribution in [1.29, 1.82) is 0 Å². The van der Waals surface area contributed by atoms with Gasteiger partial charge >= 0.3 is 0 Å². The van der Waals surface area contributed by atoms with Gasteiger partial charge in [0.15, 0.2) is 5.82 Å². The molecule has 0 spiro atoms. The normalized spacial score (nSPS) is 20.2. The molecule has 7 heteroatoms. The number of rotatable bonds is 6. The van der Waals surface area contributed by atoms with Gasteiger partial charge in [0, 0.05) is 25.1 Å². The maximum atomic E-state index is 12.6. The Morgan fingerprint density at radius 1 is 1.25 bits per heavy atom. The maximum Gasteiger partial charge on any atom is 0.251 e. The van der Waals surface area contributed by atoms with E-state index in [0.29, 0.717) is 12.2 Å². The van der Waals surface area contributed by atoms with Crippen molar-refractivity contribution in [3.63, 3.8) is 0 Å². The van der Waals surface area contributed by atoms with E-state index in [1.807, 2.05) is 19.1 Å². The van der Waals surface area contributed by atoms with Crippen LogP contribution in [0.2, 0.25) is 0 Å². The third-order valence-corrected chi connectivity index (χ3v) is 5.45. The molecule has 3 heterocycles. The third kappa shape index (κ3) is 4.35. The van der Waals surface area contributed by atoms with Crippen molar-refractivity contribution in [2.75, 3.05) is 13.2 Å². The second kappa shape index (κ2) is 8.73. The molecule has 0 aliphatic carbocycles. The first-order valence-electron chi connectivity index (χ1n) is 10.3. The second-order valence-corrected chi connectivity index (χ2v) is 7.60. The Labute approximate surface area is 165 Å². The Kier molecular flexibility index (Phi) is 5.90. The number of nitrogens with one attached hydrogen (secondary N) is 1. The van der Waals surface area contributed by atoms with Gasteiger partial charge in [0.2, 0.25) is 0 Å². The van der Waals surface area contributed by atoms with E-state index < -0.39 is 0 Å². The summed E-state index contributed by atoms with van der Waals surface area (Å²) in [6, 6.07) is 7.05. The smallest absolute Gasteiger partial charge is 0.251 e. The van der Waals surface area contributed by atoms with E-state index in [1.54, 1.807) is 12.1 Å².